The number of alkyl halides is 3. The number of aromatic nitrogens is 2. The minimum atomic E-state index is -4.61. The molecule has 3 heterocycles. The third-order valence-corrected chi connectivity index (χ3v) is 6.55. The smallest absolute Gasteiger partial charge is 0.308 e. The van der Waals surface area contributed by atoms with E-state index in [9.17, 15) is 22.8 Å². The van der Waals surface area contributed by atoms with Crippen LogP contribution in [0.4, 0.5) is 18.9 Å². The van der Waals surface area contributed by atoms with Gasteiger partial charge in [-0.25, -0.2) is 4.98 Å². The zero-order valence-corrected chi connectivity index (χ0v) is 20.2. The Labute approximate surface area is 213 Å². The summed E-state index contributed by atoms with van der Waals surface area (Å²) in [5, 5.41) is 0.739. The first kappa shape index (κ1) is 24.3. The van der Waals surface area contributed by atoms with Gasteiger partial charge in [-0.05, 0) is 60.2 Å². The van der Waals surface area contributed by atoms with Crippen molar-refractivity contribution in [2.45, 2.75) is 32.1 Å². The molecule has 0 saturated heterocycles. The molecule has 2 aromatic carbocycles. The van der Waals surface area contributed by atoms with Crippen molar-refractivity contribution in [1.29, 1.82) is 0 Å². The quantitative estimate of drug-likeness (QED) is 0.282. The normalized spacial score (nSPS) is 13.1. The summed E-state index contributed by atoms with van der Waals surface area (Å²) in [7, 11) is 0. The average molecular weight is 532 g/mol. The highest BCUT2D eigenvalue weighted by atomic mass is 35.5. The van der Waals surface area contributed by atoms with Gasteiger partial charge in [-0.1, -0.05) is 47.5 Å². The largest absolute Gasteiger partial charge is 0.416 e. The lowest BCUT2D eigenvalue weighted by atomic mass is 10.00. The van der Waals surface area contributed by atoms with Crippen LogP contribution in [0.25, 0.3) is 10.9 Å². The summed E-state index contributed by atoms with van der Waals surface area (Å²) in [5.41, 5.74) is 0.992. The molecule has 1 amide bonds. The van der Waals surface area contributed by atoms with Crippen molar-refractivity contribution in [3.05, 3.63) is 104 Å². The number of rotatable bonds is 4. The molecule has 0 aliphatic carbocycles. The maximum Gasteiger partial charge on any atom is 0.416 e. The fourth-order valence-electron chi connectivity index (χ4n) is 4.58. The van der Waals surface area contributed by atoms with Crippen molar-refractivity contribution in [3.63, 3.8) is 0 Å². The lowest BCUT2D eigenvalue weighted by Crippen LogP contribution is -2.35. The SMILES string of the molecule is O=C(c1cc(Cl)nc(Cl)c1)N(Cc1cc2cccc3c2n(c1=O)CCC3)c1cccc(C(F)(F)F)c1. The summed E-state index contributed by atoms with van der Waals surface area (Å²) in [6, 6.07) is 14.4. The van der Waals surface area contributed by atoms with Crippen LogP contribution in [0.3, 0.4) is 0 Å². The number of nitrogens with zero attached hydrogens (tertiary/aromatic N) is 3. The van der Waals surface area contributed by atoms with Gasteiger partial charge in [-0.3, -0.25) is 9.59 Å². The van der Waals surface area contributed by atoms with Crippen LogP contribution in [0.15, 0.2) is 65.5 Å². The van der Waals surface area contributed by atoms with E-state index in [4.69, 9.17) is 23.2 Å². The number of hydrogen-bond acceptors (Lipinski definition) is 3. The molecule has 5 nitrogen and oxygen atoms in total. The van der Waals surface area contributed by atoms with Gasteiger partial charge in [0, 0.05) is 23.4 Å². The number of halogens is 5. The van der Waals surface area contributed by atoms with E-state index in [1.165, 1.54) is 24.3 Å². The predicted octanol–water partition coefficient (Wildman–Crippen LogP) is 6.52. The molecule has 2 aromatic heterocycles. The molecule has 0 radical (unpaired) electrons. The summed E-state index contributed by atoms with van der Waals surface area (Å²) >= 11 is 11.9. The number of anilines is 1. The first-order valence-electron chi connectivity index (χ1n) is 11.1. The number of pyridine rings is 2. The lowest BCUT2D eigenvalue weighted by Gasteiger charge is -2.26. The molecule has 0 N–H and O–H groups in total. The Hall–Kier alpha value is -3.36. The van der Waals surface area contributed by atoms with E-state index in [-0.39, 0.29) is 39.2 Å². The van der Waals surface area contributed by atoms with Gasteiger partial charge in [0.15, 0.2) is 0 Å². The third-order valence-electron chi connectivity index (χ3n) is 6.17. The number of amides is 1. The number of para-hydroxylation sites is 1. The Morgan fingerprint density at radius 1 is 1.03 bits per heavy atom. The molecule has 36 heavy (non-hydrogen) atoms. The molecule has 0 unspecified atom stereocenters. The highest BCUT2D eigenvalue weighted by Gasteiger charge is 2.32. The lowest BCUT2D eigenvalue weighted by molar-refractivity contribution is -0.137. The maximum atomic E-state index is 13.6. The van der Waals surface area contributed by atoms with Gasteiger partial charge >= 0.3 is 6.18 Å². The summed E-state index contributed by atoms with van der Waals surface area (Å²) in [6.45, 7) is 0.268. The number of carbonyl (C=O) groups excluding carboxylic acids is 1. The van der Waals surface area contributed by atoms with Gasteiger partial charge in [-0.2, -0.15) is 13.2 Å². The minimum Gasteiger partial charge on any atom is -0.308 e. The highest BCUT2D eigenvalue weighted by molar-refractivity contribution is 6.33. The second-order valence-corrected chi connectivity index (χ2v) is 9.30. The van der Waals surface area contributed by atoms with Crippen LogP contribution in [0, 0.1) is 0 Å². The summed E-state index contributed by atoms with van der Waals surface area (Å²) in [5.74, 6) is -0.674. The van der Waals surface area contributed by atoms with Crippen molar-refractivity contribution in [2.75, 3.05) is 4.90 Å². The Morgan fingerprint density at radius 3 is 2.47 bits per heavy atom. The number of aryl methyl sites for hydroxylation is 2. The van der Waals surface area contributed by atoms with E-state index in [2.05, 4.69) is 4.98 Å². The molecule has 0 bridgehead atoms. The first-order valence-corrected chi connectivity index (χ1v) is 11.8. The van der Waals surface area contributed by atoms with Crippen molar-refractivity contribution in [3.8, 4) is 0 Å². The van der Waals surface area contributed by atoms with Crippen LogP contribution >= 0.6 is 23.2 Å². The van der Waals surface area contributed by atoms with Crippen molar-refractivity contribution in [1.82, 2.24) is 9.55 Å². The topological polar surface area (TPSA) is 55.2 Å². The molecule has 1 aliphatic heterocycles. The van der Waals surface area contributed by atoms with E-state index in [1.807, 2.05) is 18.2 Å². The second kappa shape index (κ2) is 9.26. The molecule has 0 atom stereocenters. The second-order valence-electron chi connectivity index (χ2n) is 8.53. The molecule has 0 fully saturated rings. The summed E-state index contributed by atoms with van der Waals surface area (Å²) < 4.78 is 42.1. The van der Waals surface area contributed by atoms with Crippen molar-refractivity contribution in [2.24, 2.45) is 0 Å². The Morgan fingerprint density at radius 2 is 1.75 bits per heavy atom. The van der Waals surface area contributed by atoms with Crippen LogP contribution in [0.1, 0.15) is 33.5 Å². The minimum absolute atomic E-state index is 0.0224. The van der Waals surface area contributed by atoms with Gasteiger partial charge in [0.2, 0.25) is 0 Å². The molecule has 184 valence electrons. The summed E-state index contributed by atoms with van der Waals surface area (Å²) in [4.78, 5) is 32.0. The molecule has 5 rings (SSSR count). The molecule has 10 heteroatoms. The predicted molar refractivity (Wildman–Crippen MR) is 133 cm³/mol. The van der Waals surface area contributed by atoms with Gasteiger partial charge in [-0.15, -0.1) is 0 Å². The molecular formula is C26H18Cl2F3N3O2. The van der Waals surface area contributed by atoms with E-state index < -0.39 is 17.6 Å². The molecule has 0 saturated carbocycles. The Bertz CT molecular complexity index is 1550. The fraction of sp³-hybridized carbons (Fsp3) is 0.192. The highest BCUT2D eigenvalue weighted by Crippen LogP contribution is 2.33. The van der Waals surface area contributed by atoms with Crippen LogP contribution in [-0.2, 0) is 25.7 Å². The molecular weight excluding hydrogens is 514 g/mol. The zero-order valence-electron chi connectivity index (χ0n) is 18.6. The van der Waals surface area contributed by atoms with E-state index in [1.54, 1.807) is 10.6 Å². The maximum absolute atomic E-state index is 13.6. The van der Waals surface area contributed by atoms with E-state index >= 15 is 0 Å². The van der Waals surface area contributed by atoms with Gasteiger partial charge in [0.25, 0.3) is 11.5 Å². The standard InChI is InChI=1S/C26H18Cl2F3N3O2/c27-21-11-17(12-22(28)32-21)24(35)34(20-8-2-7-19(13-20)26(29,30)31)14-18-10-16-5-1-4-15-6-3-9-33(23(15)16)25(18)36/h1-2,4-5,7-8,10-13H,3,6,9,14H2. The third kappa shape index (κ3) is 4.58. The van der Waals surface area contributed by atoms with Gasteiger partial charge in [0.1, 0.15) is 10.3 Å². The fourth-order valence-corrected chi connectivity index (χ4v) is 5.04. The summed E-state index contributed by atoms with van der Waals surface area (Å²) in [6.07, 6.45) is -2.97. The van der Waals surface area contributed by atoms with Crippen LogP contribution in [0.5, 0.6) is 0 Å². The molecule has 1 aliphatic rings. The monoisotopic (exact) mass is 531 g/mol. The van der Waals surface area contributed by atoms with Crippen molar-refractivity contribution >= 4 is 45.7 Å². The first-order chi connectivity index (χ1) is 17.1. The van der Waals surface area contributed by atoms with E-state index in [0.717, 1.165) is 46.3 Å². The Kier molecular flexibility index (Phi) is 6.26. The van der Waals surface area contributed by atoms with Crippen LogP contribution < -0.4 is 10.5 Å². The Balaban J connectivity index is 1.66. The molecule has 4 aromatic rings. The number of benzene rings is 2. The molecule has 0 spiro atoms. The van der Waals surface area contributed by atoms with Crippen LogP contribution in [0.2, 0.25) is 10.3 Å². The average Bonchev–Trinajstić information content (AvgIpc) is 2.84. The van der Waals surface area contributed by atoms with Gasteiger partial charge < -0.3 is 9.47 Å². The van der Waals surface area contributed by atoms with Gasteiger partial charge in [0.05, 0.1) is 17.6 Å². The number of carbonyl (C=O) groups is 1. The number of hydrogen-bond donors (Lipinski definition) is 0. The van der Waals surface area contributed by atoms with Crippen molar-refractivity contribution < 1.29 is 18.0 Å². The zero-order chi connectivity index (χ0) is 25.6. The van der Waals surface area contributed by atoms with Crippen LogP contribution in [-0.4, -0.2) is 15.5 Å². The van der Waals surface area contributed by atoms with E-state index in [0.29, 0.717) is 6.54 Å².